The minimum Gasteiger partial charge on any atom is -0.494 e. The molecule has 0 amide bonds. The third-order valence-electron chi connectivity index (χ3n) is 2.11. The second-order valence-corrected chi connectivity index (χ2v) is 4.77. The highest BCUT2D eigenvalue weighted by Crippen LogP contribution is 2.24. The Hall–Kier alpha value is -0.530. The summed E-state index contributed by atoms with van der Waals surface area (Å²) in [5.74, 6) is 0.884. The van der Waals surface area contributed by atoms with Gasteiger partial charge < -0.3 is 4.74 Å². The normalized spacial score (nSPS) is 9.81. The van der Waals surface area contributed by atoms with Crippen LogP contribution in [0.25, 0.3) is 0 Å². The van der Waals surface area contributed by atoms with E-state index in [-0.39, 0.29) is 0 Å². The number of hydrogen-bond donors (Lipinski definition) is 0. The predicted molar refractivity (Wildman–Crippen MR) is 71.7 cm³/mol. The van der Waals surface area contributed by atoms with E-state index in [4.69, 9.17) is 10.00 Å². The summed E-state index contributed by atoms with van der Waals surface area (Å²) in [6.07, 6.45) is 2.43. The lowest BCUT2D eigenvalue weighted by molar-refractivity contribution is 0.307. The summed E-state index contributed by atoms with van der Waals surface area (Å²) < 4.78 is 6.68. The first-order chi connectivity index (χ1) is 7.77. The van der Waals surface area contributed by atoms with Crippen LogP contribution < -0.4 is 4.74 Å². The minimum absolute atomic E-state index is 0.607. The number of rotatable bonds is 6. The third-order valence-corrected chi connectivity index (χ3v) is 3.49. The molecule has 4 heteroatoms. The molecule has 0 radical (unpaired) electrons. The summed E-state index contributed by atoms with van der Waals surface area (Å²) in [5, 5.41) is 9.18. The molecular weight excluding hydrogens is 334 g/mol. The number of alkyl halides is 1. The molecule has 1 aromatic carbocycles. The van der Waals surface area contributed by atoms with E-state index in [0.717, 1.165) is 28.4 Å². The van der Waals surface area contributed by atoms with Gasteiger partial charge in [-0.2, -0.15) is 5.26 Å². The maximum absolute atomic E-state index is 8.38. The van der Waals surface area contributed by atoms with Crippen molar-refractivity contribution in [2.75, 3.05) is 6.61 Å². The predicted octanol–water partition coefficient (Wildman–Crippen LogP) is 4.42. The molecule has 0 heterocycles. The molecule has 0 saturated heterocycles. The van der Waals surface area contributed by atoms with Crippen molar-refractivity contribution >= 4 is 31.9 Å². The highest BCUT2D eigenvalue weighted by atomic mass is 79.9. The van der Waals surface area contributed by atoms with Crippen molar-refractivity contribution in [3.8, 4) is 11.8 Å². The first-order valence-corrected chi connectivity index (χ1v) is 7.03. The van der Waals surface area contributed by atoms with Crippen LogP contribution in [0.15, 0.2) is 22.7 Å². The summed E-state index contributed by atoms with van der Waals surface area (Å²) in [6.45, 7) is 0.672. The lowest BCUT2D eigenvalue weighted by Gasteiger charge is -2.07. The second-order valence-electron chi connectivity index (χ2n) is 3.35. The molecule has 0 saturated carbocycles. The summed E-state index contributed by atoms with van der Waals surface area (Å²) in [4.78, 5) is 0. The lowest BCUT2D eigenvalue weighted by Crippen LogP contribution is -1.97. The molecule has 0 aliphatic carbocycles. The molecule has 0 fully saturated rings. The number of halogens is 2. The Labute approximate surface area is 113 Å². The van der Waals surface area contributed by atoms with E-state index in [2.05, 4.69) is 37.9 Å². The van der Waals surface area contributed by atoms with Gasteiger partial charge in [0.25, 0.3) is 0 Å². The molecule has 0 bridgehead atoms. The van der Waals surface area contributed by atoms with Crippen molar-refractivity contribution in [3.05, 3.63) is 28.2 Å². The fourth-order valence-corrected chi connectivity index (χ4v) is 2.47. The van der Waals surface area contributed by atoms with E-state index in [1.807, 2.05) is 18.2 Å². The number of nitrogens with zero attached hydrogens (tertiary/aromatic N) is 1. The van der Waals surface area contributed by atoms with Crippen LogP contribution in [0.5, 0.6) is 5.75 Å². The standard InChI is InChI=1S/C12H13Br2NO/c13-9-10-8-11(4-5-12(10)14)16-7-3-1-2-6-15/h4-5,8H,1-3,7,9H2. The molecule has 2 nitrogen and oxygen atoms in total. The van der Waals surface area contributed by atoms with Crippen molar-refractivity contribution in [1.82, 2.24) is 0 Å². The number of hydrogen-bond acceptors (Lipinski definition) is 2. The van der Waals surface area contributed by atoms with Gasteiger partial charge in [-0.25, -0.2) is 0 Å². The van der Waals surface area contributed by atoms with Crippen LogP contribution in [0.4, 0.5) is 0 Å². The van der Waals surface area contributed by atoms with Crippen LogP contribution in [0.3, 0.4) is 0 Å². The van der Waals surface area contributed by atoms with E-state index in [1.165, 1.54) is 5.56 Å². The minimum atomic E-state index is 0.607. The highest BCUT2D eigenvalue weighted by Gasteiger charge is 2.01. The molecule has 0 aromatic heterocycles. The summed E-state index contributed by atoms with van der Waals surface area (Å²) in [6, 6.07) is 8.07. The number of unbranched alkanes of at least 4 members (excludes halogenated alkanes) is 2. The Morgan fingerprint density at radius 2 is 2.12 bits per heavy atom. The maximum atomic E-state index is 8.38. The van der Waals surface area contributed by atoms with E-state index in [0.29, 0.717) is 13.0 Å². The molecular formula is C12H13Br2NO. The lowest BCUT2D eigenvalue weighted by atomic mass is 10.2. The van der Waals surface area contributed by atoms with Gasteiger partial charge in [-0.15, -0.1) is 0 Å². The third kappa shape index (κ3) is 4.54. The summed E-state index contributed by atoms with van der Waals surface area (Å²) in [7, 11) is 0. The number of nitriles is 1. The summed E-state index contributed by atoms with van der Waals surface area (Å²) >= 11 is 6.89. The zero-order valence-corrected chi connectivity index (χ0v) is 12.1. The fraction of sp³-hybridized carbons (Fsp3) is 0.417. The zero-order chi connectivity index (χ0) is 11.8. The zero-order valence-electron chi connectivity index (χ0n) is 8.88. The van der Waals surface area contributed by atoms with Crippen molar-refractivity contribution in [3.63, 3.8) is 0 Å². The molecule has 1 rings (SSSR count). The molecule has 0 aliphatic rings. The monoisotopic (exact) mass is 345 g/mol. The van der Waals surface area contributed by atoms with Gasteiger partial charge in [-0.1, -0.05) is 31.9 Å². The fourth-order valence-electron chi connectivity index (χ4n) is 1.24. The average Bonchev–Trinajstić information content (AvgIpc) is 2.31. The Morgan fingerprint density at radius 3 is 2.81 bits per heavy atom. The first-order valence-electron chi connectivity index (χ1n) is 5.12. The van der Waals surface area contributed by atoms with Crippen LogP contribution in [-0.2, 0) is 5.33 Å². The highest BCUT2D eigenvalue weighted by molar-refractivity contribution is 9.10. The largest absolute Gasteiger partial charge is 0.494 e. The molecule has 16 heavy (non-hydrogen) atoms. The van der Waals surface area contributed by atoms with E-state index in [9.17, 15) is 0 Å². The number of benzene rings is 1. The molecule has 0 unspecified atom stereocenters. The van der Waals surface area contributed by atoms with Gasteiger partial charge >= 0.3 is 0 Å². The number of ether oxygens (including phenoxy) is 1. The first kappa shape index (κ1) is 13.5. The van der Waals surface area contributed by atoms with E-state index >= 15 is 0 Å². The van der Waals surface area contributed by atoms with Crippen molar-refractivity contribution < 1.29 is 4.74 Å². The van der Waals surface area contributed by atoms with Crippen molar-refractivity contribution in [2.45, 2.75) is 24.6 Å². The van der Waals surface area contributed by atoms with Crippen LogP contribution in [-0.4, -0.2) is 6.61 Å². The van der Waals surface area contributed by atoms with Crippen LogP contribution in [0.1, 0.15) is 24.8 Å². The molecule has 0 aliphatic heterocycles. The van der Waals surface area contributed by atoms with E-state index in [1.54, 1.807) is 0 Å². The van der Waals surface area contributed by atoms with Crippen molar-refractivity contribution in [2.24, 2.45) is 0 Å². The molecule has 1 aromatic rings. The van der Waals surface area contributed by atoms with Crippen LogP contribution in [0, 0.1) is 11.3 Å². The Morgan fingerprint density at radius 1 is 1.31 bits per heavy atom. The molecule has 0 N–H and O–H groups in total. The molecule has 0 spiro atoms. The van der Waals surface area contributed by atoms with Crippen LogP contribution in [0.2, 0.25) is 0 Å². The van der Waals surface area contributed by atoms with Crippen molar-refractivity contribution in [1.29, 1.82) is 5.26 Å². The Kier molecular flexibility index (Phi) is 6.51. The molecule has 86 valence electrons. The summed E-state index contributed by atoms with van der Waals surface area (Å²) in [5.41, 5.74) is 1.18. The van der Waals surface area contributed by atoms with Gasteiger partial charge in [0.15, 0.2) is 0 Å². The maximum Gasteiger partial charge on any atom is 0.119 e. The molecule has 0 atom stereocenters. The van der Waals surface area contributed by atoms with Gasteiger partial charge in [0.2, 0.25) is 0 Å². The quantitative estimate of drug-likeness (QED) is 0.564. The topological polar surface area (TPSA) is 33.0 Å². The van der Waals surface area contributed by atoms with Gasteiger partial charge in [-0.05, 0) is 36.6 Å². The van der Waals surface area contributed by atoms with Gasteiger partial charge in [0.05, 0.1) is 12.7 Å². The van der Waals surface area contributed by atoms with Crippen LogP contribution >= 0.6 is 31.9 Å². The van der Waals surface area contributed by atoms with Gasteiger partial charge in [-0.3, -0.25) is 0 Å². The van der Waals surface area contributed by atoms with Gasteiger partial charge in [0.1, 0.15) is 5.75 Å². The van der Waals surface area contributed by atoms with Gasteiger partial charge in [0, 0.05) is 16.2 Å². The SMILES string of the molecule is N#CCCCCOc1ccc(Br)c(CBr)c1. The second kappa shape index (κ2) is 7.70. The smallest absolute Gasteiger partial charge is 0.119 e. The van der Waals surface area contributed by atoms with E-state index < -0.39 is 0 Å². The average molecular weight is 347 g/mol. The Bertz CT molecular complexity index is 374. The Balaban J connectivity index is 2.40.